The summed E-state index contributed by atoms with van der Waals surface area (Å²) in [6.45, 7) is 2.05. The number of ketones is 1. The van der Waals surface area contributed by atoms with Crippen molar-refractivity contribution in [1.82, 2.24) is 5.32 Å². The first-order valence-corrected chi connectivity index (χ1v) is 6.78. The summed E-state index contributed by atoms with van der Waals surface area (Å²) in [5.74, 6) is 0.786. The smallest absolute Gasteiger partial charge is 0.193 e. The first-order valence-electron chi connectivity index (χ1n) is 6.78. The lowest BCUT2D eigenvalue weighted by atomic mass is 10.0. The van der Waals surface area contributed by atoms with E-state index in [2.05, 4.69) is 12.2 Å². The molecular weight excluding hydrogens is 250 g/mol. The highest BCUT2D eigenvalue weighted by Gasteiger charge is 2.09. The van der Waals surface area contributed by atoms with Gasteiger partial charge < -0.3 is 4.74 Å². The van der Waals surface area contributed by atoms with Gasteiger partial charge in [0.1, 0.15) is 12.0 Å². The van der Waals surface area contributed by atoms with Crippen LogP contribution in [0.3, 0.4) is 0 Å². The Morgan fingerprint density at radius 3 is 2.20 bits per heavy atom. The average molecular weight is 269 g/mol. The second-order valence-electron chi connectivity index (χ2n) is 4.52. The molecule has 0 saturated carbocycles. The highest BCUT2D eigenvalue weighted by Crippen LogP contribution is 2.16. The predicted molar refractivity (Wildman–Crippen MR) is 80.1 cm³/mol. The fourth-order valence-corrected chi connectivity index (χ4v) is 1.95. The highest BCUT2D eigenvalue weighted by molar-refractivity contribution is 6.08. The Kier molecular flexibility index (Phi) is 4.91. The Morgan fingerprint density at radius 1 is 1.05 bits per heavy atom. The molecule has 2 aromatic rings. The van der Waals surface area contributed by atoms with E-state index in [1.807, 2.05) is 49.5 Å². The summed E-state index contributed by atoms with van der Waals surface area (Å²) >= 11 is 0. The van der Waals surface area contributed by atoms with Crippen molar-refractivity contribution in [2.45, 2.75) is 19.6 Å². The van der Waals surface area contributed by atoms with Gasteiger partial charge in [-0.3, -0.25) is 10.1 Å². The number of rotatable bonds is 6. The van der Waals surface area contributed by atoms with Gasteiger partial charge in [-0.1, -0.05) is 37.3 Å². The van der Waals surface area contributed by atoms with Crippen LogP contribution < -0.4 is 10.1 Å². The first kappa shape index (κ1) is 14.3. The van der Waals surface area contributed by atoms with Crippen molar-refractivity contribution in [3.63, 3.8) is 0 Å². The van der Waals surface area contributed by atoms with E-state index in [4.69, 9.17) is 4.74 Å². The van der Waals surface area contributed by atoms with Crippen LogP contribution in [0.15, 0.2) is 54.6 Å². The van der Waals surface area contributed by atoms with Crippen molar-refractivity contribution in [2.75, 3.05) is 7.05 Å². The molecule has 1 unspecified atom stereocenters. The third-order valence-corrected chi connectivity index (χ3v) is 3.12. The van der Waals surface area contributed by atoms with E-state index in [0.29, 0.717) is 11.1 Å². The van der Waals surface area contributed by atoms with Gasteiger partial charge in [-0.2, -0.15) is 0 Å². The Morgan fingerprint density at radius 2 is 1.65 bits per heavy atom. The zero-order chi connectivity index (χ0) is 14.4. The summed E-state index contributed by atoms with van der Waals surface area (Å²) in [6, 6.07) is 16.5. The van der Waals surface area contributed by atoms with Gasteiger partial charge in [0.15, 0.2) is 5.78 Å². The lowest BCUT2D eigenvalue weighted by Gasteiger charge is -2.16. The van der Waals surface area contributed by atoms with Gasteiger partial charge in [0.05, 0.1) is 0 Å². The zero-order valence-electron chi connectivity index (χ0n) is 11.8. The Labute approximate surface area is 119 Å². The van der Waals surface area contributed by atoms with E-state index in [1.54, 1.807) is 12.1 Å². The van der Waals surface area contributed by atoms with Crippen molar-refractivity contribution >= 4 is 5.78 Å². The zero-order valence-corrected chi connectivity index (χ0v) is 11.8. The van der Waals surface area contributed by atoms with Crippen molar-refractivity contribution in [2.24, 2.45) is 0 Å². The molecule has 0 heterocycles. The number of nitrogens with one attached hydrogen (secondary N) is 1. The molecule has 2 aromatic carbocycles. The van der Waals surface area contributed by atoms with Gasteiger partial charge >= 0.3 is 0 Å². The van der Waals surface area contributed by atoms with Crippen molar-refractivity contribution < 1.29 is 9.53 Å². The highest BCUT2D eigenvalue weighted by atomic mass is 16.5. The maximum absolute atomic E-state index is 12.2. The van der Waals surface area contributed by atoms with Gasteiger partial charge in [0.25, 0.3) is 0 Å². The molecule has 0 aromatic heterocycles. The van der Waals surface area contributed by atoms with Crippen LogP contribution in [0.25, 0.3) is 0 Å². The second-order valence-corrected chi connectivity index (χ2v) is 4.52. The second kappa shape index (κ2) is 6.87. The third kappa shape index (κ3) is 3.45. The van der Waals surface area contributed by atoms with Crippen LogP contribution in [0.2, 0.25) is 0 Å². The summed E-state index contributed by atoms with van der Waals surface area (Å²) in [4.78, 5) is 12.2. The van der Waals surface area contributed by atoms with Gasteiger partial charge in [0.2, 0.25) is 0 Å². The Bertz CT molecular complexity index is 545. The average Bonchev–Trinajstić information content (AvgIpc) is 2.53. The summed E-state index contributed by atoms with van der Waals surface area (Å²) in [5, 5.41) is 3.07. The van der Waals surface area contributed by atoms with Gasteiger partial charge in [-0.05, 0) is 37.7 Å². The van der Waals surface area contributed by atoms with Crippen LogP contribution in [0.5, 0.6) is 5.75 Å². The standard InChI is InChI=1S/C17H19NO2/c1-3-16(18-2)20-15-11-9-14(10-12-15)17(19)13-7-5-4-6-8-13/h4-12,16,18H,3H2,1-2H3. The predicted octanol–water partition coefficient (Wildman–Crippen LogP) is 3.25. The number of ether oxygens (including phenoxy) is 1. The molecule has 1 atom stereocenters. The monoisotopic (exact) mass is 269 g/mol. The van der Waals surface area contributed by atoms with Crippen LogP contribution >= 0.6 is 0 Å². The molecule has 1 N–H and O–H groups in total. The van der Waals surface area contributed by atoms with Gasteiger partial charge in [-0.15, -0.1) is 0 Å². The topological polar surface area (TPSA) is 38.3 Å². The number of hydrogen-bond donors (Lipinski definition) is 1. The normalized spacial score (nSPS) is 11.9. The van der Waals surface area contributed by atoms with E-state index in [0.717, 1.165) is 12.2 Å². The lowest BCUT2D eigenvalue weighted by Crippen LogP contribution is -2.30. The minimum atomic E-state index is -0.00863. The van der Waals surface area contributed by atoms with E-state index in [1.165, 1.54) is 0 Å². The van der Waals surface area contributed by atoms with Gasteiger partial charge in [0, 0.05) is 11.1 Å². The minimum Gasteiger partial charge on any atom is -0.475 e. The van der Waals surface area contributed by atoms with Crippen LogP contribution in [-0.2, 0) is 0 Å². The van der Waals surface area contributed by atoms with Crippen LogP contribution in [0.1, 0.15) is 29.3 Å². The van der Waals surface area contributed by atoms with Gasteiger partial charge in [-0.25, -0.2) is 0 Å². The molecule has 0 radical (unpaired) electrons. The first-order chi connectivity index (χ1) is 9.74. The quantitative estimate of drug-likeness (QED) is 0.646. The van der Waals surface area contributed by atoms with E-state index < -0.39 is 0 Å². The fourth-order valence-electron chi connectivity index (χ4n) is 1.95. The van der Waals surface area contributed by atoms with Crippen LogP contribution in [0, 0.1) is 0 Å². The SMILES string of the molecule is CCC(NC)Oc1ccc(C(=O)c2ccccc2)cc1. The fraction of sp³-hybridized carbons (Fsp3) is 0.235. The summed E-state index contributed by atoms with van der Waals surface area (Å²) in [7, 11) is 1.86. The number of carbonyl (C=O) groups is 1. The van der Waals surface area contributed by atoms with E-state index in [-0.39, 0.29) is 12.0 Å². The van der Waals surface area contributed by atoms with E-state index in [9.17, 15) is 4.79 Å². The van der Waals surface area contributed by atoms with Crippen molar-refractivity contribution in [3.05, 3.63) is 65.7 Å². The molecule has 0 amide bonds. The maximum atomic E-state index is 12.2. The third-order valence-electron chi connectivity index (χ3n) is 3.12. The lowest BCUT2D eigenvalue weighted by molar-refractivity contribution is 0.103. The Hall–Kier alpha value is -2.13. The molecule has 0 spiro atoms. The van der Waals surface area contributed by atoms with Crippen molar-refractivity contribution in [1.29, 1.82) is 0 Å². The summed E-state index contributed by atoms with van der Waals surface area (Å²) in [5.41, 5.74) is 1.36. The number of hydrogen-bond acceptors (Lipinski definition) is 3. The van der Waals surface area contributed by atoms with Crippen molar-refractivity contribution in [3.8, 4) is 5.75 Å². The van der Waals surface area contributed by atoms with E-state index >= 15 is 0 Å². The molecule has 3 nitrogen and oxygen atoms in total. The Balaban J connectivity index is 2.10. The summed E-state index contributed by atoms with van der Waals surface area (Å²) < 4.78 is 5.73. The molecule has 0 aliphatic heterocycles. The molecule has 2 rings (SSSR count). The number of benzene rings is 2. The number of carbonyl (C=O) groups excluding carboxylic acids is 1. The molecule has 0 bridgehead atoms. The largest absolute Gasteiger partial charge is 0.475 e. The molecule has 20 heavy (non-hydrogen) atoms. The molecule has 3 heteroatoms. The maximum Gasteiger partial charge on any atom is 0.193 e. The molecular formula is C17H19NO2. The van der Waals surface area contributed by atoms with Crippen LogP contribution in [0.4, 0.5) is 0 Å². The molecule has 104 valence electrons. The molecule has 0 fully saturated rings. The molecule has 0 aliphatic rings. The summed E-state index contributed by atoms with van der Waals surface area (Å²) in [6.07, 6.45) is 0.868. The molecule has 0 saturated heterocycles. The van der Waals surface area contributed by atoms with Crippen LogP contribution in [-0.4, -0.2) is 19.1 Å². The molecule has 0 aliphatic carbocycles. The minimum absolute atomic E-state index is 0.00863.